The maximum atomic E-state index is 12.4. The van der Waals surface area contributed by atoms with Gasteiger partial charge in [0.25, 0.3) is 5.56 Å². The maximum absolute atomic E-state index is 12.4. The molecule has 0 saturated carbocycles. The van der Waals surface area contributed by atoms with Crippen molar-refractivity contribution >= 4 is 21.6 Å². The van der Waals surface area contributed by atoms with E-state index in [0.717, 1.165) is 11.1 Å². The lowest BCUT2D eigenvalue weighted by Crippen LogP contribution is -2.08. The predicted molar refractivity (Wildman–Crippen MR) is 81.2 cm³/mol. The van der Waals surface area contributed by atoms with E-state index < -0.39 is 0 Å². The molecule has 0 aliphatic carbocycles. The van der Waals surface area contributed by atoms with Crippen LogP contribution >= 0.6 is 11.3 Å². The first-order valence-corrected chi connectivity index (χ1v) is 7.17. The van der Waals surface area contributed by atoms with E-state index in [1.54, 1.807) is 24.7 Å². The average molecular weight is 295 g/mol. The Morgan fingerprint density at radius 2 is 2.19 bits per heavy atom. The molecular formula is C15H9N3O2S. The number of hydrogen-bond acceptors (Lipinski definition) is 5. The van der Waals surface area contributed by atoms with Crippen molar-refractivity contribution in [2.75, 3.05) is 0 Å². The minimum atomic E-state index is -0.175. The molecule has 0 unspecified atom stereocenters. The van der Waals surface area contributed by atoms with Crippen LogP contribution in [0.1, 0.15) is 0 Å². The van der Waals surface area contributed by atoms with Crippen molar-refractivity contribution in [3.05, 3.63) is 58.7 Å². The standard InChI is InChI=1S/C15H9N3O2S/c19-14-12-10(11-4-2-6-20-11)8-21-15(12)18-13(17-14)9-3-1-5-16-7-9/h1-8H,(H,17,18,19). The van der Waals surface area contributed by atoms with Crippen LogP contribution in [-0.2, 0) is 0 Å². The van der Waals surface area contributed by atoms with Crippen molar-refractivity contribution in [3.63, 3.8) is 0 Å². The van der Waals surface area contributed by atoms with E-state index in [9.17, 15) is 4.79 Å². The Balaban J connectivity index is 1.96. The second-order valence-electron chi connectivity index (χ2n) is 4.46. The molecule has 0 fully saturated rings. The lowest BCUT2D eigenvalue weighted by atomic mass is 10.2. The molecule has 0 bridgehead atoms. The second kappa shape index (κ2) is 4.68. The van der Waals surface area contributed by atoms with E-state index in [0.29, 0.717) is 21.8 Å². The highest BCUT2D eigenvalue weighted by atomic mass is 32.1. The topological polar surface area (TPSA) is 71.8 Å². The molecule has 5 nitrogen and oxygen atoms in total. The first-order valence-electron chi connectivity index (χ1n) is 6.29. The molecule has 0 aliphatic rings. The zero-order chi connectivity index (χ0) is 14.2. The van der Waals surface area contributed by atoms with Gasteiger partial charge >= 0.3 is 0 Å². The van der Waals surface area contributed by atoms with Crippen molar-refractivity contribution in [2.24, 2.45) is 0 Å². The Labute approximate surface area is 122 Å². The molecule has 1 N–H and O–H groups in total. The fourth-order valence-electron chi connectivity index (χ4n) is 2.20. The largest absolute Gasteiger partial charge is 0.464 e. The van der Waals surface area contributed by atoms with Crippen molar-refractivity contribution < 1.29 is 4.42 Å². The Morgan fingerprint density at radius 3 is 2.95 bits per heavy atom. The summed E-state index contributed by atoms with van der Waals surface area (Å²) in [6.07, 6.45) is 4.94. The highest BCUT2D eigenvalue weighted by Gasteiger charge is 2.15. The average Bonchev–Trinajstić information content (AvgIpc) is 3.17. The van der Waals surface area contributed by atoms with Crippen LogP contribution in [0, 0.1) is 0 Å². The first-order chi connectivity index (χ1) is 10.3. The van der Waals surface area contributed by atoms with E-state index in [1.807, 2.05) is 23.6 Å². The number of hydrogen-bond donors (Lipinski definition) is 1. The number of nitrogens with zero attached hydrogens (tertiary/aromatic N) is 2. The zero-order valence-electron chi connectivity index (χ0n) is 10.7. The van der Waals surface area contributed by atoms with Crippen LogP contribution in [0.4, 0.5) is 0 Å². The lowest BCUT2D eigenvalue weighted by molar-refractivity contribution is 0.583. The number of aromatic nitrogens is 3. The molecular weight excluding hydrogens is 286 g/mol. The Hall–Kier alpha value is -2.73. The van der Waals surface area contributed by atoms with Crippen molar-refractivity contribution in [1.82, 2.24) is 15.0 Å². The Morgan fingerprint density at radius 1 is 1.24 bits per heavy atom. The highest BCUT2D eigenvalue weighted by molar-refractivity contribution is 7.17. The highest BCUT2D eigenvalue weighted by Crippen LogP contribution is 2.31. The summed E-state index contributed by atoms with van der Waals surface area (Å²) in [6, 6.07) is 7.29. The van der Waals surface area contributed by atoms with Gasteiger partial charge in [-0.2, -0.15) is 0 Å². The predicted octanol–water partition coefficient (Wildman–Crippen LogP) is 3.31. The van der Waals surface area contributed by atoms with E-state index in [4.69, 9.17) is 4.42 Å². The molecule has 0 radical (unpaired) electrons. The molecule has 4 rings (SSSR count). The lowest BCUT2D eigenvalue weighted by Gasteiger charge is -2.00. The van der Waals surface area contributed by atoms with Gasteiger partial charge in [0, 0.05) is 28.9 Å². The number of furan rings is 1. The summed E-state index contributed by atoms with van der Waals surface area (Å²) >= 11 is 1.42. The third-order valence-electron chi connectivity index (χ3n) is 3.17. The molecule has 0 atom stereocenters. The molecule has 21 heavy (non-hydrogen) atoms. The van der Waals surface area contributed by atoms with Crippen LogP contribution in [-0.4, -0.2) is 15.0 Å². The summed E-state index contributed by atoms with van der Waals surface area (Å²) in [7, 11) is 0. The third kappa shape index (κ3) is 1.96. The minimum Gasteiger partial charge on any atom is -0.464 e. The number of pyridine rings is 1. The van der Waals surface area contributed by atoms with Crippen molar-refractivity contribution in [1.29, 1.82) is 0 Å². The van der Waals surface area contributed by atoms with Crippen molar-refractivity contribution in [2.45, 2.75) is 0 Å². The number of aromatic amines is 1. The molecule has 0 amide bonds. The van der Waals surface area contributed by atoms with E-state index >= 15 is 0 Å². The number of nitrogens with one attached hydrogen (secondary N) is 1. The van der Waals surface area contributed by atoms with E-state index in [1.165, 1.54) is 11.3 Å². The maximum Gasteiger partial charge on any atom is 0.260 e. The molecule has 4 aromatic rings. The third-order valence-corrected chi connectivity index (χ3v) is 4.04. The summed E-state index contributed by atoms with van der Waals surface area (Å²) in [5, 5.41) is 2.45. The van der Waals surface area contributed by atoms with E-state index in [-0.39, 0.29) is 5.56 Å². The first kappa shape index (κ1) is 12.0. The molecule has 4 aromatic heterocycles. The van der Waals surface area contributed by atoms with Gasteiger partial charge in [0.2, 0.25) is 0 Å². The summed E-state index contributed by atoms with van der Waals surface area (Å²) in [4.78, 5) is 24.5. The van der Waals surface area contributed by atoms with Crippen LogP contribution < -0.4 is 5.56 Å². The molecule has 102 valence electrons. The number of thiophene rings is 1. The Kier molecular flexibility index (Phi) is 2.68. The van der Waals surface area contributed by atoms with Crippen LogP contribution in [0.15, 0.2) is 57.5 Å². The van der Waals surface area contributed by atoms with E-state index in [2.05, 4.69) is 15.0 Å². The van der Waals surface area contributed by atoms with Crippen LogP contribution in [0.3, 0.4) is 0 Å². The number of H-pyrrole nitrogens is 1. The SMILES string of the molecule is O=c1[nH]c(-c2cccnc2)nc2scc(-c3ccco3)c12. The number of fused-ring (bicyclic) bond motifs is 1. The van der Waals surface area contributed by atoms with Gasteiger partial charge in [-0.1, -0.05) is 0 Å². The van der Waals surface area contributed by atoms with Gasteiger partial charge < -0.3 is 9.40 Å². The van der Waals surface area contributed by atoms with Gasteiger partial charge in [0.15, 0.2) is 0 Å². The van der Waals surface area contributed by atoms with Crippen LogP contribution in [0.5, 0.6) is 0 Å². The summed E-state index contributed by atoms with van der Waals surface area (Å²) in [5.74, 6) is 1.19. The monoisotopic (exact) mass is 295 g/mol. The fraction of sp³-hybridized carbons (Fsp3) is 0. The van der Waals surface area contributed by atoms with Gasteiger partial charge in [-0.05, 0) is 24.3 Å². The van der Waals surface area contributed by atoms with Gasteiger partial charge in [-0.15, -0.1) is 11.3 Å². The van der Waals surface area contributed by atoms with Gasteiger partial charge in [0.05, 0.1) is 11.6 Å². The second-order valence-corrected chi connectivity index (χ2v) is 5.32. The molecule has 0 spiro atoms. The quantitative estimate of drug-likeness (QED) is 0.616. The molecule has 0 aromatic carbocycles. The molecule has 0 saturated heterocycles. The fourth-order valence-corrected chi connectivity index (χ4v) is 3.13. The van der Waals surface area contributed by atoms with Crippen LogP contribution in [0.2, 0.25) is 0 Å². The minimum absolute atomic E-state index is 0.175. The van der Waals surface area contributed by atoms with Gasteiger partial charge in [-0.25, -0.2) is 4.98 Å². The summed E-state index contributed by atoms with van der Waals surface area (Å²) < 4.78 is 5.37. The molecule has 6 heteroatoms. The Bertz CT molecular complexity index is 956. The van der Waals surface area contributed by atoms with Gasteiger partial charge in [-0.3, -0.25) is 9.78 Å². The zero-order valence-corrected chi connectivity index (χ0v) is 11.6. The molecule has 0 aliphatic heterocycles. The van der Waals surface area contributed by atoms with Crippen LogP contribution in [0.25, 0.3) is 32.9 Å². The summed E-state index contributed by atoms with van der Waals surface area (Å²) in [5.41, 5.74) is 1.38. The summed E-state index contributed by atoms with van der Waals surface area (Å²) in [6.45, 7) is 0. The normalized spacial score (nSPS) is 11.0. The molecule has 4 heterocycles. The number of rotatable bonds is 2. The van der Waals surface area contributed by atoms with Gasteiger partial charge in [0.1, 0.15) is 16.4 Å². The van der Waals surface area contributed by atoms with Crippen molar-refractivity contribution in [3.8, 4) is 22.7 Å². The smallest absolute Gasteiger partial charge is 0.260 e.